The van der Waals surface area contributed by atoms with Gasteiger partial charge in [0.05, 0.1) is 0 Å². The lowest BCUT2D eigenvalue weighted by atomic mass is 9.77. The van der Waals surface area contributed by atoms with Crippen molar-refractivity contribution in [3.63, 3.8) is 0 Å². The lowest BCUT2D eigenvalue weighted by molar-refractivity contribution is 0.488. The molecule has 0 saturated carbocycles. The van der Waals surface area contributed by atoms with Gasteiger partial charge < -0.3 is 4.57 Å². The zero-order chi connectivity index (χ0) is 11.8. The Hall–Kier alpha value is -1.57. The molecule has 17 heavy (non-hydrogen) atoms. The third kappa shape index (κ3) is 1.78. The van der Waals surface area contributed by atoms with Crippen molar-refractivity contribution < 1.29 is 0 Å². The largest absolute Gasteiger partial charge is 0.334 e. The summed E-state index contributed by atoms with van der Waals surface area (Å²) in [7, 11) is 0. The molecule has 0 spiro atoms. The molecule has 2 nitrogen and oxygen atoms in total. The van der Waals surface area contributed by atoms with E-state index in [-0.39, 0.29) is 0 Å². The predicted octanol–water partition coefficient (Wildman–Crippen LogP) is 3.35. The molecule has 0 fully saturated rings. The van der Waals surface area contributed by atoms with E-state index in [1.54, 1.807) is 0 Å². The minimum absolute atomic E-state index is 0.500. The van der Waals surface area contributed by atoms with E-state index in [4.69, 9.17) is 0 Å². The average molecular weight is 226 g/mol. The van der Waals surface area contributed by atoms with E-state index in [1.807, 2.05) is 6.20 Å². The van der Waals surface area contributed by atoms with Gasteiger partial charge in [-0.3, -0.25) is 0 Å². The molecule has 0 amide bonds. The molecule has 0 N–H and O–H groups in total. The summed E-state index contributed by atoms with van der Waals surface area (Å²) >= 11 is 0. The monoisotopic (exact) mass is 226 g/mol. The molecule has 0 radical (unpaired) electrons. The second kappa shape index (κ2) is 4.02. The van der Waals surface area contributed by atoms with Gasteiger partial charge in [-0.05, 0) is 17.5 Å². The lowest BCUT2D eigenvalue weighted by Gasteiger charge is -2.31. The van der Waals surface area contributed by atoms with Crippen molar-refractivity contribution in [1.29, 1.82) is 0 Å². The highest BCUT2D eigenvalue weighted by atomic mass is 15.1. The van der Waals surface area contributed by atoms with Gasteiger partial charge in [0.25, 0.3) is 0 Å². The van der Waals surface area contributed by atoms with Crippen LogP contribution < -0.4 is 0 Å². The summed E-state index contributed by atoms with van der Waals surface area (Å²) in [5.41, 5.74) is 3.04. The average Bonchev–Trinajstić information content (AvgIpc) is 2.74. The van der Waals surface area contributed by atoms with E-state index in [0.29, 0.717) is 11.8 Å². The second-order valence-electron chi connectivity index (χ2n) is 5.19. The highest BCUT2D eigenvalue weighted by Gasteiger charge is 2.26. The first-order valence-electron chi connectivity index (χ1n) is 6.34. The van der Waals surface area contributed by atoms with Gasteiger partial charge in [0.2, 0.25) is 0 Å². The van der Waals surface area contributed by atoms with Crippen molar-refractivity contribution in [3.05, 3.63) is 53.6 Å². The number of rotatable bonds is 3. The maximum absolute atomic E-state index is 4.45. The first-order chi connectivity index (χ1) is 8.25. The van der Waals surface area contributed by atoms with Gasteiger partial charge in [0, 0.05) is 30.8 Å². The van der Waals surface area contributed by atoms with Crippen LogP contribution in [0.15, 0.2) is 36.7 Å². The van der Waals surface area contributed by atoms with Gasteiger partial charge >= 0.3 is 0 Å². The van der Waals surface area contributed by atoms with Crippen molar-refractivity contribution in [2.45, 2.75) is 38.6 Å². The van der Waals surface area contributed by atoms with Crippen LogP contribution in [0.3, 0.4) is 0 Å². The van der Waals surface area contributed by atoms with Gasteiger partial charge in [-0.1, -0.05) is 38.1 Å². The van der Waals surface area contributed by atoms with E-state index >= 15 is 0 Å². The van der Waals surface area contributed by atoms with Crippen molar-refractivity contribution in [2.24, 2.45) is 0 Å². The molecule has 1 unspecified atom stereocenters. The Labute approximate surface area is 102 Å². The van der Waals surface area contributed by atoms with Crippen LogP contribution in [0.1, 0.15) is 42.6 Å². The van der Waals surface area contributed by atoms with Crippen LogP contribution >= 0.6 is 0 Å². The maximum atomic E-state index is 4.45. The van der Waals surface area contributed by atoms with Crippen molar-refractivity contribution in [2.75, 3.05) is 0 Å². The van der Waals surface area contributed by atoms with Crippen LogP contribution in [-0.4, -0.2) is 9.55 Å². The lowest BCUT2D eigenvalue weighted by Crippen LogP contribution is -2.22. The van der Waals surface area contributed by atoms with Crippen LogP contribution in [0.5, 0.6) is 0 Å². The molecule has 2 heteroatoms. The van der Waals surface area contributed by atoms with Crippen LogP contribution in [0.2, 0.25) is 0 Å². The van der Waals surface area contributed by atoms with Gasteiger partial charge in [0.1, 0.15) is 5.82 Å². The number of hydrogen-bond acceptors (Lipinski definition) is 1. The van der Waals surface area contributed by atoms with E-state index in [9.17, 15) is 0 Å². The zero-order valence-electron chi connectivity index (χ0n) is 10.4. The zero-order valence-corrected chi connectivity index (χ0v) is 10.4. The summed E-state index contributed by atoms with van der Waals surface area (Å²) in [5, 5.41) is 0. The molecule has 1 aromatic heterocycles. The summed E-state index contributed by atoms with van der Waals surface area (Å²) in [6.07, 6.45) is 5.24. The predicted molar refractivity (Wildman–Crippen MR) is 69.2 cm³/mol. The Kier molecular flexibility index (Phi) is 2.50. The van der Waals surface area contributed by atoms with Gasteiger partial charge in [-0.25, -0.2) is 4.98 Å². The Balaban J connectivity index is 1.80. The van der Waals surface area contributed by atoms with E-state index in [0.717, 1.165) is 6.54 Å². The van der Waals surface area contributed by atoms with Gasteiger partial charge in [0.15, 0.2) is 0 Å². The van der Waals surface area contributed by atoms with Crippen LogP contribution in [0.4, 0.5) is 0 Å². The summed E-state index contributed by atoms with van der Waals surface area (Å²) in [4.78, 5) is 4.45. The van der Waals surface area contributed by atoms with Gasteiger partial charge in [-0.2, -0.15) is 0 Å². The van der Waals surface area contributed by atoms with Crippen molar-refractivity contribution >= 4 is 0 Å². The number of nitrogens with zero attached hydrogens (tertiary/aromatic N) is 2. The second-order valence-corrected chi connectivity index (χ2v) is 5.19. The maximum Gasteiger partial charge on any atom is 0.111 e. The Morgan fingerprint density at radius 1 is 1.35 bits per heavy atom. The molecule has 1 aliphatic rings. The summed E-state index contributed by atoms with van der Waals surface area (Å²) < 4.78 is 2.31. The third-order valence-electron chi connectivity index (χ3n) is 3.64. The van der Waals surface area contributed by atoms with E-state index in [2.05, 4.69) is 53.9 Å². The molecule has 88 valence electrons. The molecule has 1 atom stereocenters. The minimum atomic E-state index is 0.500. The molecule has 0 aliphatic heterocycles. The number of aromatic nitrogens is 2. The van der Waals surface area contributed by atoms with Crippen molar-refractivity contribution in [3.8, 4) is 0 Å². The molecule has 1 heterocycles. The molecule has 1 aromatic carbocycles. The van der Waals surface area contributed by atoms with Gasteiger partial charge in [-0.15, -0.1) is 0 Å². The highest BCUT2D eigenvalue weighted by Crippen LogP contribution is 2.36. The first-order valence-corrected chi connectivity index (χ1v) is 6.34. The van der Waals surface area contributed by atoms with E-state index in [1.165, 1.54) is 23.4 Å². The highest BCUT2D eigenvalue weighted by molar-refractivity contribution is 5.39. The molecular weight excluding hydrogens is 208 g/mol. The third-order valence-corrected chi connectivity index (χ3v) is 3.64. The smallest absolute Gasteiger partial charge is 0.111 e. The number of hydrogen-bond donors (Lipinski definition) is 0. The molecule has 0 saturated heterocycles. The summed E-state index contributed by atoms with van der Waals surface area (Å²) in [5.74, 6) is 2.38. The Bertz CT molecular complexity index is 525. The van der Waals surface area contributed by atoms with Crippen LogP contribution in [-0.2, 0) is 13.0 Å². The van der Waals surface area contributed by atoms with E-state index < -0.39 is 0 Å². The molecule has 1 aliphatic carbocycles. The fraction of sp³-hybridized carbons (Fsp3) is 0.400. The first kappa shape index (κ1) is 10.6. The number of imidazole rings is 1. The van der Waals surface area contributed by atoms with Crippen LogP contribution in [0.25, 0.3) is 0 Å². The number of benzene rings is 1. The minimum Gasteiger partial charge on any atom is -0.334 e. The summed E-state index contributed by atoms with van der Waals surface area (Å²) in [6, 6.07) is 8.77. The Morgan fingerprint density at radius 3 is 2.94 bits per heavy atom. The Morgan fingerprint density at radius 2 is 2.18 bits per heavy atom. The fourth-order valence-electron chi connectivity index (χ4n) is 2.74. The summed E-state index contributed by atoms with van der Waals surface area (Å²) in [6.45, 7) is 5.48. The molecule has 2 aromatic rings. The molecule has 3 rings (SSSR count). The SMILES string of the molecule is CC(C)c1nccn1CC1Cc2ccccc21. The molecular formula is C15H18N2. The topological polar surface area (TPSA) is 17.8 Å². The molecule has 0 bridgehead atoms. The normalized spacial score (nSPS) is 17.9. The van der Waals surface area contributed by atoms with Crippen molar-refractivity contribution in [1.82, 2.24) is 9.55 Å². The number of fused-ring (bicyclic) bond motifs is 1. The van der Waals surface area contributed by atoms with Crippen LogP contribution in [0, 0.1) is 0 Å². The standard InChI is InChI=1S/C15H18N2/c1-11(2)15-16-7-8-17(15)10-13-9-12-5-3-4-6-14(12)13/h3-8,11,13H,9-10H2,1-2H3. The fourth-order valence-corrected chi connectivity index (χ4v) is 2.74. The quantitative estimate of drug-likeness (QED) is 0.784.